The highest BCUT2D eigenvalue weighted by Gasteiger charge is 2.32. The minimum Gasteiger partial charge on any atom is -0.320 e. The number of hydrogen-bond acceptors (Lipinski definition) is 6. The predicted molar refractivity (Wildman–Crippen MR) is 116 cm³/mol. The molecule has 1 aliphatic rings. The third kappa shape index (κ3) is 4.54. The van der Waals surface area contributed by atoms with Gasteiger partial charge in [0, 0.05) is 29.7 Å². The molecule has 0 spiro atoms. The summed E-state index contributed by atoms with van der Waals surface area (Å²) in [5.41, 5.74) is 0.678. The molecule has 0 radical (unpaired) electrons. The first-order valence-corrected chi connectivity index (χ1v) is 12.0. The number of piperidine rings is 1. The van der Waals surface area contributed by atoms with Crippen LogP contribution in [0, 0.1) is 0 Å². The molecule has 7 nitrogen and oxygen atoms in total. The lowest BCUT2D eigenvalue weighted by atomic mass is 10.0. The van der Waals surface area contributed by atoms with Crippen molar-refractivity contribution in [1.82, 2.24) is 14.5 Å². The third-order valence-electron chi connectivity index (χ3n) is 4.85. The lowest BCUT2D eigenvalue weighted by Crippen LogP contribution is -2.39. The van der Waals surface area contributed by atoms with Gasteiger partial charge in [-0.3, -0.25) is 4.79 Å². The molecule has 1 fully saturated rings. The zero-order valence-corrected chi connectivity index (χ0v) is 18.3. The number of carbonyl (C=O) groups is 1. The quantitative estimate of drug-likeness (QED) is 0.618. The third-order valence-corrected chi connectivity index (χ3v) is 8.07. The van der Waals surface area contributed by atoms with Gasteiger partial charge in [-0.2, -0.15) is 4.31 Å². The number of aromatic nitrogens is 2. The Morgan fingerprint density at radius 3 is 2.57 bits per heavy atom. The first-order valence-electron chi connectivity index (χ1n) is 9.39. The largest absolute Gasteiger partial charge is 0.320 e. The normalized spacial score (nSPS) is 17.6. The molecule has 2 aromatic carbocycles. The summed E-state index contributed by atoms with van der Waals surface area (Å²) in [6, 6.07) is 15.3. The number of amides is 1. The summed E-state index contributed by atoms with van der Waals surface area (Å²) in [6.45, 7) is 0.751. The molecule has 3 aromatic rings. The highest BCUT2D eigenvalue weighted by atomic mass is 35.5. The minimum absolute atomic E-state index is 0.100. The zero-order chi connectivity index (χ0) is 21.1. The van der Waals surface area contributed by atoms with Gasteiger partial charge in [-0.05, 0) is 49.2 Å². The maximum atomic E-state index is 13.0. The average molecular weight is 463 g/mol. The standard InChI is InChI=1S/C20H19ClN4O3S2/c21-15-8-10-17(11-9-15)30(27,28)25-12-4-5-14(13-25)19-23-24-20(29-19)18(26)22-16-6-2-1-3-7-16/h1-3,6-11,14H,4-5,12-13H2,(H,22,26)/t14-/m0/s1. The fourth-order valence-corrected chi connectivity index (χ4v) is 5.83. The van der Waals surface area contributed by atoms with Crippen LogP contribution in [-0.4, -0.2) is 41.9 Å². The van der Waals surface area contributed by atoms with Crippen molar-refractivity contribution in [2.24, 2.45) is 0 Å². The van der Waals surface area contributed by atoms with Crippen molar-refractivity contribution in [2.45, 2.75) is 23.7 Å². The lowest BCUT2D eigenvalue weighted by molar-refractivity contribution is 0.102. The molecule has 1 atom stereocenters. The van der Waals surface area contributed by atoms with Crippen LogP contribution in [0.15, 0.2) is 59.5 Å². The van der Waals surface area contributed by atoms with Gasteiger partial charge in [-0.15, -0.1) is 10.2 Å². The SMILES string of the molecule is O=C(Nc1ccccc1)c1nnc([C@H]2CCCN(S(=O)(=O)c3ccc(Cl)cc3)C2)s1. The highest BCUT2D eigenvalue weighted by molar-refractivity contribution is 7.89. The molecule has 0 bridgehead atoms. The van der Waals surface area contributed by atoms with E-state index in [1.165, 1.54) is 27.8 Å². The summed E-state index contributed by atoms with van der Waals surface area (Å²) in [7, 11) is -3.62. The summed E-state index contributed by atoms with van der Waals surface area (Å²) >= 11 is 7.08. The molecular formula is C20H19ClN4O3S2. The van der Waals surface area contributed by atoms with Crippen LogP contribution in [-0.2, 0) is 10.0 Å². The number of halogens is 1. The number of hydrogen-bond donors (Lipinski definition) is 1. The van der Waals surface area contributed by atoms with E-state index in [-0.39, 0.29) is 21.7 Å². The van der Waals surface area contributed by atoms with E-state index in [9.17, 15) is 13.2 Å². The highest BCUT2D eigenvalue weighted by Crippen LogP contribution is 2.32. The van der Waals surface area contributed by atoms with E-state index in [2.05, 4.69) is 15.5 Å². The fraction of sp³-hybridized carbons (Fsp3) is 0.250. The molecular weight excluding hydrogens is 444 g/mol. The van der Waals surface area contributed by atoms with Crippen molar-refractivity contribution < 1.29 is 13.2 Å². The topological polar surface area (TPSA) is 92.3 Å². The van der Waals surface area contributed by atoms with Crippen LogP contribution in [0.3, 0.4) is 0 Å². The van der Waals surface area contributed by atoms with Gasteiger partial charge in [0.15, 0.2) is 0 Å². The van der Waals surface area contributed by atoms with Crippen LogP contribution in [0.25, 0.3) is 0 Å². The van der Waals surface area contributed by atoms with Crippen molar-refractivity contribution in [1.29, 1.82) is 0 Å². The molecule has 4 rings (SSSR count). The molecule has 2 heterocycles. The number of sulfonamides is 1. The Hall–Kier alpha value is -2.33. The predicted octanol–water partition coefficient (Wildman–Crippen LogP) is 4.01. The van der Waals surface area contributed by atoms with Crippen molar-refractivity contribution >= 4 is 44.6 Å². The molecule has 1 N–H and O–H groups in total. The van der Waals surface area contributed by atoms with Crippen molar-refractivity contribution in [3.8, 4) is 0 Å². The second kappa shape index (κ2) is 8.81. The van der Waals surface area contributed by atoms with Gasteiger partial charge in [-0.25, -0.2) is 8.42 Å². The van der Waals surface area contributed by atoms with Gasteiger partial charge in [0.25, 0.3) is 5.91 Å². The molecule has 30 heavy (non-hydrogen) atoms. The van der Waals surface area contributed by atoms with E-state index in [0.717, 1.165) is 6.42 Å². The summed E-state index contributed by atoms with van der Waals surface area (Å²) in [6.07, 6.45) is 1.50. The number of carbonyl (C=O) groups excluding carboxylic acids is 1. The summed E-state index contributed by atoms with van der Waals surface area (Å²) in [5, 5.41) is 12.4. The van der Waals surface area contributed by atoms with Gasteiger partial charge in [0.05, 0.1) is 4.90 Å². The van der Waals surface area contributed by atoms with E-state index < -0.39 is 10.0 Å². The minimum atomic E-state index is -3.62. The van der Waals surface area contributed by atoms with E-state index >= 15 is 0 Å². The Kier molecular flexibility index (Phi) is 6.14. The van der Waals surface area contributed by atoms with Gasteiger partial charge in [-0.1, -0.05) is 41.1 Å². The lowest BCUT2D eigenvalue weighted by Gasteiger charge is -2.30. The molecule has 1 aliphatic heterocycles. The Morgan fingerprint density at radius 2 is 1.83 bits per heavy atom. The molecule has 0 aliphatic carbocycles. The molecule has 1 amide bonds. The molecule has 1 aromatic heterocycles. The Bertz CT molecular complexity index is 1130. The first kappa shape index (κ1) is 20.9. The Balaban J connectivity index is 1.47. The van der Waals surface area contributed by atoms with Crippen molar-refractivity contribution in [3.05, 3.63) is 69.6 Å². The molecule has 10 heteroatoms. The molecule has 1 saturated heterocycles. The number of rotatable bonds is 5. The van der Waals surface area contributed by atoms with E-state index in [1.54, 1.807) is 24.3 Å². The summed E-state index contributed by atoms with van der Waals surface area (Å²) in [4.78, 5) is 12.6. The van der Waals surface area contributed by atoms with Gasteiger partial charge < -0.3 is 5.32 Å². The van der Waals surface area contributed by atoms with Gasteiger partial charge >= 0.3 is 0 Å². The number of benzene rings is 2. The maximum Gasteiger partial charge on any atom is 0.286 e. The van der Waals surface area contributed by atoms with Gasteiger partial charge in [0.1, 0.15) is 5.01 Å². The van der Waals surface area contributed by atoms with Crippen molar-refractivity contribution in [2.75, 3.05) is 18.4 Å². The van der Waals surface area contributed by atoms with Crippen LogP contribution >= 0.6 is 22.9 Å². The fourth-order valence-electron chi connectivity index (χ4n) is 3.32. The number of para-hydroxylation sites is 1. The maximum absolute atomic E-state index is 13.0. The number of nitrogens with zero attached hydrogens (tertiary/aromatic N) is 3. The molecule has 156 valence electrons. The second-order valence-electron chi connectivity index (χ2n) is 6.92. The van der Waals surface area contributed by atoms with E-state index in [0.29, 0.717) is 35.2 Å². The molecule has 0 saturated carbocycles. The van der Waals surface area contributed by atoms with E-state index in [1.807, 2.05) is 18.2 Å². The number of anilines is 1. The van der Waals surface area contributed by atoms with Crippen LogP contribution in [0.4, 0.5) is 5.69 Å². The summed E-state index contributed by atoms with van der Waals surface area (Å²) in [5.74, 6) is -0.428. The Morgan fingerprint density at radius 1 is 1.10 bits per heavy atom. The van der Waals surface area contributed by atoms with Crippen molar-refractivity contribution in [3.63, 3.8) is 0 Å². The van der Waals surface area contributed by atoms with Crippen LogP contribution < -0.4 is 5.32 Å². The number of nitrogens with one attached hydrogen (secondary N) is 1. The zero-order valence-electron chi connectivity index (χ0n) is 15.9. The molecule has 0 unspecified atom stereocenters. The second-order valence-corrected chi connectivity index (χ2v) is 10.3. The Labute approximate surface area is 183 Å². The average Bonchev–Trinajstić information content (AvgIpc) is 3.25. The summed E-state index contributed by atoms with van der Waals surface area (Å²) < 4.78 is 27.4. The van der Waals surface area contributed by atoms with Crippen LogP contribution in [0.2, 0.25) is 5.02 Å². The van der Waals surface area contributed by atoms with E-state index in [4.69, 9.17) is 11.6 Å². The smallest absolute Gasteiger partial charge is 0.286 e. The van der Waals surface area contributed by atoms with Crippen LogP contribution in [0.1, 0.15) is 33.6 Å². The van der Waals surface area contributed by atoms with Gasteiger partial charge in [0.2, 0.25) is 15.0 Å². The first-order chi connectivity index (χ1) is 14.4. The monoisotopic (exact) mass is 462 g/mol. The van der Waals surface area contributed by atoms with Crippen LogP contribution in [0.5, 0.6) is 0 Å².